The second-order valence-electron chi connectivity index (χ2n) is 3.57. The van der Waals surface area contributed by atoms with E-state index in [4.69, 9.17) is 5.84 Å². The van der Waals surface area contributed by atoms with Crippen LogP contribution in [0.15, 0.2) is 41.8 Å². The molecule has 2 rings (SSSR count). The zero-order valence-electron chi connectivity index (χ0n) is 9.61. The van der Waals surface area contributed by atoms with Crippen molar-refractivity contribution in [3.63, 3.8) is 0 Å². The number of hydrogen-bond acceptors (Lipinski definition) is 5. The highest BCUT2D eigenvalue weighted by atomic mass is 32.2. The van der Waals surface area contributed by atoms with E-state index in [1.807, 2.05) is 30.3 Å². The Hall–Kier alpha value is -2.02. The van der Waals surface area contributed by atoms with E-state index in [9.17, 15) is 4.79 Å². The van der Waals surface area contributed by atoms with Crippen molar-refractivity contribution in [1.82, 2.24) is 20.2 Å². The van der Waals surface area contributed by atoms with E-state index in [1.165, 1.54) is 22.8 Å². The molecule has 7 heteroatoms. The average Bonchev–Trinajstić information content (AvgIpc) is 2.81. The number of carbonyl (C=O) groups excluding carboxylic acids is 1. The molecule has 1 aromatic carbocycles. The van der Waals surface area contributed by atoms with Gasteiger partial charge in [0, 0.05) is 6.54 Å². The topological polar surface area (TPSA) is 85.8 Å². The molecule has 3 N–H and O–H groups in total. The highest BCUT2D eigenvalue weighted by Crippen LogP contribution is 2.11. The van der Waals surface area contributed by atoms with Crippen LogP contribution < -0.4 is 11.2 Å². The standard InChI is InChI=1S/C11H13N5OS/c12-16-8-14-15-11(16)18-7-10(17)13-6-9-4-2-1-3-5-9/h1-5,8H,6-7,12H2,(H,13,17). The lowest BCUT2D eigenvalue weighted by atomic mass is 10.2. The minimum atomic E-state index is -0.0631. The summed E-state index contributed by atoms with van der Waals surface area (Å²) in [6, 6.07) is 9.74. The highest BCUT2D eigenvalue weighted by Gasteiger charge is 2.06. The Labute approximate surface area is 109 Å². The van der Waals surface area contributed by atoms with Gasteiger partial charge in [-0.2, -0.15) is 0 Å². The third kappa shape index (κ3) is 3.49. The summed E-state index contributed by atoms with van der Waals surface area (Å²) in [5, 5.41) is 10.7. The van der Waals surface area contributed by atoms with Crippen molar-refractivity contribution in [3.8, 4) is 0 Å². The summed E-state index contributed by atoms with van der Waals surface area (Å²) in [5.74, 6) is 5.73. The molecular weight excluding hydrogens is 250 g/mol. The van der Waals surface area contributed by atoms with Crippen molar-refractivity contribution in [3.05, 3.63) is 42.2 Å². The zero-order chi connectivity index (χ0) is 12.8. The number of nitrogens with two attached hydrogens (primary N) is 1. The van der Waals surface area contributed by atoms with Crippen LogP contribution in [-0.2, 0) is 11.3 Å². The first kappa shape index (κ1) is 12.4. The lowest BCUT2D eigenvalue weighted by molar-refractivity contribution is -0.118. The first-order valence-corrected chi connectivity index (χ1v) is 6.33. The van der Waals surface area contributed by atoms with Crippen molar-refractivity contribution < 1.29 is 4.79 Å². The van der Waals surface area contributed by atoms with Crippen molar-refractivity contribution in [2.24, 2.45) is 0 Å². The van der Waals surface area contributed by atoms with Gasteiger partial charge in [0.2, 0.25) is 11.1 Å². The minimum absolute atomic E-state index is 0.0631. The highest BCUT2D eigenvalue weighted by molar-refractivity contribution is 7.99. The van der Waals surface area contributed by atoms with Crippen LogP contribution >= 0.6 is 11.8 Å². The first-order valence-electron chi connectivity index (χ1n) is 5.34. The second-order valence-corrected chi connectivity index (χ2v) is 4.51. The van der Waals surface area contributed by atoms with Gasteiger partial charge < -0.3 is 11.2 Å². The molecule has 1 amide bonds. The molecule has 0 aliphatic rings. The van der Waals surface area contributed by atoms with Crippen LogP contribution in [0.4, 0.5) is 0 Å². The van der Waals surface area contributed by atoms with Gasteiger partial charge in [0.05, 0.1) is 5.75 Å². The summed E-state index contributed by atoms with van der Waals surface area (Å²) in [4.78, 5) is 11.6. The molecule has 18 heavy (non-hydrogen) atoms. The van der Waals surface area contributed by atoms with Crippen LogP contribution in [-0.4, -0.2) is 26.5 Å². The van der Waals surface area contributed by atoms with Gasteiger partial charge in [-0.25, -0.2) is 4.68 Å². The maximum atomic E-state index is 11.6. The van der Waals surface area contributed by atoms with E-state index >= 15 is 0 Å². The Morgan fingerprint density at radius 2 is 2.17 bits per heavy atom. The molecule has 0 unspecified atom stereocenters. The number of thioether (sulfide) groups is 1. The maximum Gasteiger partial charge on any atom is 0.230 e. The zero-order valence-corrected chi connectivity index (χ0v) is 10.4. The van der Waals surface area contributed by atoms with Gasteiger partial charge in [-0.3, -0.25) is 4.79 Å². The fourth-order valence-corrected chi connectivity index (χ4v) is 1.98. The number of rotatable bonds is 5. The van der Waals surface area contributed by atoms with Crippen LogP contribution in [0, 0.1) is 0 Å². The minimum Gasteiger partial charge on any atom is -0.351 e. The Bertz CT molecular complexity index is 513. The van der Waals surface area contributed by atoms with E-state index in [2.05, 4.69) is 15.5 Å². The molecule has 94 valence electrons. The van der Waals surface area contributed by atoms with Gasteiger partial charge in [-0.05, 0) is 5.56 Å². The van der Waals surface area contributed by atoms with Crippen LogP contribution in [0.3, 0.4) is 0 Å². The molecule has 0 radical (unpaired) electrons. The Morgan fingerprint density at radius 1 is 1.39 bits per heavy atom. The Morgan fingerprint density at radius 3 is 2.83 bits per heavy atom. The molecule has 1 heterocycles. The average molecular weight is 263 g/mol. The number of nitrogen functional groups attached to an aromatic ring is 1. The van der Waals surface area contributed by atoms with E-state index in [0.29, 0.717) is 11.7 Å². The number of hydrogen-bond donors (Lipinski definition) is 2. The van der Waals surface area contributed by atoms with Crippen LogP contribution in [0.5, 0.6) is 0 Å². The molecule has 1 aromatic heterocycles. The third-order valence-corrected chi connectivity index (χ3v) is 3.16. The van der Waals surface area contributed by atoms with E-state index in [0.717, 1.165) is 5.56 Å². The molecule has 0 atom stereocenters. The predicted molar refractivity (Wildman–Crippen MR) is 69.2 cm³/mol. The van der Waals surface area contributed by atoms with Crippen LogP contribution in [0.2, 0.25) is 0 Å². The number of amides is 1. The van der Waals surface area contributed by atoms with Gasteiger partial charge in [0.15, 0.2) is 0 Å². The van der Waals surface area contributed by atoms with Crippen molar-refractivity contribution in [1.29, 1.82) is 0 Å². The fraction of sp³-hybridized carbons (Fsp3) is 0.182. The molecule has 0 aliphatic heterocycles. The summed E-state index contributed by atoms with van der Waals surface area (Å²) in [6.45, 7) is 0.523. The molecule has 2 aromatic rings. The molecule has 0 bridgehead atoms. The van der Waals surface area contributed by atoms with Crippen molar-refractivity contribution in [2.45, 2.75) is 11.7 Å². The van der Waals surface area contributed by atoms with Gasteiger partial charge >= 0.3 is 0 Å². The lowest BCUT2D eigenvalue weighted by Gasteiger charge is -2.04. The summed E-state index contributed by atoms with van der Waals surface area (Å²) in [5.41, 5.74) is 1.07. The predicted octanol–water partition coefficient (Wildman–Crippen LogP) is 0.400. The number of carbonyl (C=O) groups is 1. The van der Waals surface area contributed by atoms with E-state index in [1.54, 1.807) is 0 Å². The van der Waals surface area contributed by atoms with Gasteiger partial charge in [0.1, 0.15) is 6.33 Å². The monoisotopic (exact) mass is 263 g/mol. The summed E-state index contributed by atoms with van der Waals surface area (Å²) in [7, 11) is 0. The largest absolute Gasteiger partial charge is 0.351 e. The van der Waals surface area contributed by atoms with Gasteiger partial charge in [0.25, 0.3) is 0 Å². The number of nitrogens with zero attached hydrogens (tertiary/aromatic N) is 3. The van der Waals surface area contributed by atoms with Crippen molar-refractivity contribution in [2.75, 3.05) is 11.6 Å². The van der Waals surface area contributed by atoms with Gasteiger partial charge in [-0.15, -0.1) is 10.2 Å². The van der Waals surface area contributed by atoms with Crippen LogP contribution in [0.1, 0.15) is 5.56 Å². The normalized spacial score (nSPS) is 10.2. The molecule has 0 saturated carbocycles. The summed E-state index contributed by atoms with van der Waals surface area (Å²) >= 11 is 1.25. The van der Waals surface area contributed by atoms with Crippen molar-refractivity contribution >= 4 is 17.7 Å². The number of aromatic nitrogens is 3. The van der Waals surface area contributed by atoms with E-state index < -0.39 is 0 Å². The molecule has 0 spiro atoms. The summed E-state index contributed by atoms with van der Waals surface area (Å²) < 4.78 is 1.29. The SMILES string of the molecule is Nn1cnnc1SCC(=O)NCc1ccccc1. The van der Waals surface area contributed by atoms with Gasteiger partial charge in [-0.1, -0.05) is 42.1 Å². The molecule has 6 nitrogen and oxygen atoms in total. The molecule has 0 fully saturated rings. The molecule has 0 saturated heterocycles. The summed E-state index contributed by atoms with van der Waals surface area (Å²) in [6.07, 6.45) is 1.39. The number of nitrogens with one attached hydrogen (secondary N) is 1. The Balaban J connectivity index is 1.75. The first-order chi connectivity index (χ1) is 8.75. The lowest BCUT2D eigenvalue weighted by Crippen LogP contribution is -2.24. The van der Waals surface area contributed by atoms with E-state index in [-0.39, 0.29) is 11.7 Å². The third-order valence-electron chi connectivity index (χ3n) is 2.21. The molecular formula is C11H13N5OS. The smallest absolute Gasteiger partial charge is 0.230 e. The van der Waals surface area contributed by atoms with Crippen LogP contribution in [0.25, 0.3) is 0 Å². The number of benzene rings is 1. The second kappa shape index (κ2) is 6.06. The quantitative estimate of drug-likeness (QED) is 0.602. The Kier molecular flexibility index (Phi) is 4.19. The fourth-order valence-electron chi connectivity index (χ4n) is 1.31. The maximum absolute atomic E-state index is 11.6. The molecule has 0 aliphatic carbocycles.